The Bertz CT molecular complexity index is 685. The van der Waals surface area contributed by atoms with Crippen LogP contribution in [-0.4, -0.2) is 24.8 Å². The van der Waals surface area contributed by atoms with Crippen molar-refractivity contribution in [3.63, 3.8) is 0 Å². The van der Waals surface area contributed by atoms with Gasteiger partial charge in [0.2, 0.25) is 0 Å². The van der Waals surface area contributed by atoms with Gasteiger partial charge < -0.3 is 10.1 Å². The van der Waals surface area contributed by atoms with Crippen molar-refractivity contribution >= 4 is 29.9 Å². The van der Waals surface area contributed by atoms with E-state index in [1.807, 2.05) is 24.3 Å². The van der Waals surface area contributed by atoms with Crippen LogP contribution in [0.1, 0.15) is 30.1 Å². The topological polar surface area (TPSA) is 63.1 Å². The monoisotopic (exact) mass is 357 g/mol. The van der Waals surface area contributed by atoms with Crippen LogP contribution in [0.5, 0.6) is 5.75 Å². The van der Waals surface area contributed by atoms with Crippen LogP contribution in [0.25, 0.3) is 0 Å². The molecule has 132 valence electrons. The van der Waals surface area contributed by atoms with E-state index in [1.54, 1.807) is 24.3 Å². The van der Waals surface area contributed by atoms with Gasteiger partial charge in [0.05, 0.1) is 18.0 Å². The average Bonchev–Trinajstić information content (AvgIpc) is 2.66. The highest BCUT2D eigenvalue weighted by Crippen LogP contribution is 2.21. The number of hydrogen-bond acceptors (Lipinski definition) is 5. The van der Waals surface area contributed by atoms with Crippen molar-refractivity contribution in [1.82, 2.24) is 5.32 Å². The standard InChI is InChI=1S/C19H23N3O2S/c1-2-3-13-24-18-10-8-17(9-11-18)22-21-16-6-4-15(5-7-16)19(23)20-12-14-25/h4-11,25H,2-3,12-14H2,1H3,(H,20,23). The number of nitrogens with one attached hydrogen (secondary N) is 1. The van der Waals surface area contributed by atoms with E-state index in [0.29, 0.717) is 23.5 Å². The fraction of sp³-hybridized carbons (Fsp3) is 0.316. The smallest absolute Gasteiger partial charge is 0.251 e. The number of rotatable bonds is 9. The largest absolute Gasteiger partial charge is 0.494 e. The van der Waals surface area contributed by atoms with E-state index >= 15 is 0 Å². The van der Waals surface area contributed by atoms with Crippen LogP contribution in [0.15, 0.2) is 58.8 Å². The number of carbonyl (C=O) groups excluding carboxylic acids is 1. The molecule has 0 aliphatic heterocycles. The maximum absolute atomic E-state index is 11.8. The van der Waals surface area contributed by atoms with Gasteiger partial charge in [0.25, 0.3) is 5.91 Å². The minimum absolute atomic E-state index is 0.115. The van der Waals surface area contributed by atoms with Crippen LogP contribution in [-0.2, 0) is 0 Å². The lowest BCUT2D eigenvalue weighted by atomic mass is 10.2. The molecule has 0 aliphatic carbocycles. The maximum atomic E-state index is 11.8. The van der Waals surface area contributed by atoms with Gasteiger partial charge in [-0.05, 0) is 55.0 Å². The summed E-state index contributed by atoms with van der Waals surface area (Å²) in [5.74, 6) is 1.33. The highest BCUT2D eigenvalue weighted by molar-refractivity contribution is 7.80. The molecule has 1 amide bonds. The van der Waals surface area contributed by atoms with Crippen LogP contribution in [0.2, 0.25) is 0 Å². The molecular weight excluding hydrogens is 334 g/mol. The number of carbonyl (C=O) groups is 1. The van der Waals surface area contributed by atoms with Gasteiger partial charge in [-0.25, -0.2) is 0 Å². The highest BCUT2D eigenvalue weighted by Gasteiger charge is 2.03. The quantitative estimate of drug-likeness (QED) is 0.379. The second-order valence-corrected chi connectivity index (χ2v) is 5.87. The molecule has 0 fully saturated rings. The summed E-state index contributed by atoms with van der Waals surface area (Å²) >= 11 is 4.06. The fourth-order valence-corrected chi connectivity index (χ4v) is 2.12. The molecular formula is C19H23N3O2S. The van der Waals surface area contributed by atoms with E-state index in [0.717, 1.165) is 30.9 Å². The van der Waals surface area contributed by atoms with Gasteiger partial charge in [0.1, 0.15) is 5.75 Å². The molecule has 0 bridgehead atoms. The fourth-order valence-electron chi connectivity index (χ4n) is 2.01. The zero-order valence-electron chi connectivity index (χ0n) is 14.3. The first-order valence-electron chi connectivity index (χ1n) is 8.36. The summed E-state index contributed by atoms with van der Waals surface area (Å²) in [6, 6.07) is 14.5. The summed E-state index contributed by atoms with van der Waals surface area (Å²) in [6.45, 7) is 3.40. The van der Waals surface area contributed by atoms with Gasteiger partial charge in [0, 0.05) is 17.9 Å². The van der Waals surface area contributed by atoms with Crippen LogP contribution >= 0.6 is 12.6 Å². The van der Waals surface area contributed by atoms with E-state index in [9.17, 15) is 4.79 Å². The second kappa shape index (κ2) is 10.5. The molecule has 0 atom stereocenters. The Morgan fingerprint density at radius 1 is 1.04 bits per heavy atom. The van der Waals surface area contributed by atoms with Crippen molar-refractivity contribution in [2.24, 2.45) is 10.2 Å². The van der Waals surface area contributed by atoms with Crippen LogP contribution in [0.4, 0.5) is 11.4 Å². The number of azo groups is 1. The van der Waals surface area contributed by atoms with Crippen molar-refractivity contribution < 1.29 is 9.53 Å². The van der Waals surface area contributed by atoms with Gasteiger partial charge in [-0.15, -0.1) is 0 Å². The Hall–Kier alpha value is -2.34. The molecule has 6 heteroatoms. The minimum atomic E-state index is -0.115. The van der Waals surface area contributed by atoms with E-state index < -0.39 is 0 Å². The Morgan fingerprint density at radius 2 is 1.64 bits per heavy atom. The molecule has 2 rings (SSSR count). The van der Waals surface area contributed by atoms with Gasteiger partial charge in [-0.2, -0.15) is 22.9 Å². The summed E-state index contributed by atoms with van der Waals surface area (Å²) in [4.78, 5) is 11.8. The minimum Gasteiger partial charge on any atom is -0.494 e. The molecule has 0 saturated carbocycles. The number of thiol groups is 1. The average molecular weight is 357 g/mol. The summed E-state index contributed by atoms with van der Waals surface area (Å²) in [6.07, 6.45) is 2.16. The van der Waals surface area contributed by atoms with Crippen molar-refractivity contribution in [2.45, 2.75) is 19.8 Å². The predicted octanol–water partition coefficient (Wildman–Crippen LogP) is 4.94. The van der Waals surface area contributed by atoms with E-state index in [1.165, 1.54) is 0 Å². The van der Waals surface area contributed by atoms with Crippen molar-refractivity contribution in [1.29, 1.82) is 0 Å². The van der Waals surface area contributed by atoms with Gasteiger partial charge >= 0.3 is 0 Å². The molecule has 1 N–H and O–H groups in total. The third-order valence-corrected chi connectivity index (χ3v) is 3.63. The first kappa shape index (κ1) is 19.0. The summed E-state index contributed by atoms with van der Waals surface area (Å²) in [5, 5.41) is 11.1. The summed E-state index contributed by atoms with van der Waals surface area (Å²) in [7, 11) is 0. The molecule has 5 nitrogen and oxygen atoms in total. The SMILES string of the molecule is CCCCOc1ccc(N=Nc2ccc(C(=O)NCCS)cc2)cc1. The maximum Gasteiger partial charge on any atom is 0.251 e. The molecule has 0 saturated heterocycles. The number of nitrogens with zero attached hydrogens (tertiary/aromatic N) is 2. The van der Waals surface area contributed by atoms with Crippen LogP contribution < -0.4 is 10.1 Å². The molecule has 2 aromatic rings. The Morgan fingerprint density at radius 3 is 2.20 bits per heavy atom. The van der Waals surface area contributed by atoms with Gasteiger partial charge in [0.15, 0.2) is 0 Å². The molecule has 0 radical (unpaired) electrons. The molecule has 0 unspecified atom stereocenters. The molecule has 0 aliphatic rings. The Kier molecular flexibility index (Phi) is 7.98. The van der Waals surface area contributed by atoms with E-state index in [4.69, 9.17) is 4.74 Å². The summed E-state index contributed by atoms with van der Waals surface area (Å²) < 4.78 is 5.61. The normalized spacial score (nSPS) is 10.8. The first-order chi connectivity index (χ1) is 12.2. The lowest BCUT2D eigenvalue weighted by Gasteiger charge is -2.04. The number of ether oxygens (including phenoxy) is 1. The van der Waals surface area contributed by atoms with Crippen LogP contribution in [0.3, 0.4) is 0 Å². The first-order valence-corrected chi connectivity index (χ1v) is 9.00. The van der Waals surface area contributed by atoms with Gasteiger partial charge in [-0.3, -0.25) is 4.79 Å². The number of hydrogen-bond donors (Lipinski definition) is 2. The zero-order valence-corrected chi connectivity index (χ0v) is 15.2. The molecule has 25 heavy (non-hydrogen) atoms. The Labute approximate surface area is 153 Å². The number of benzene rings is 2. The zero-order chi connectivity index (χ0) is 17.9. The lowest BCUT2D eigenvalue weighted by molar-refractivity contribution is 0.0956. The van der Waals surface area contributed by atoms with E-state index in [2.05, 4.69) is 35.1 Å². The lowest BCUT2D eigenvalue weighted by Crippen LogP contribution is -2.25. The highest BCUT2D eigenvalue weighted by atomic mass is 32.1. The third kappa shape index (κ3) is 6.58. The van der Waals surface area contributed by atoms with Crippen LogP contribution in [0, 0.1) is 0 Å². The van der Waals surface area contributed by atoms with E-state index in [-0.39, 0.29) is 5.91 Å². The molecule has 0 aromatic heterocycles. The van der Waals surface area contributed by atoms with Gasteiger partial charge in [-0.1, -0.05) is 13.3 Å². The summed E-state index contributed by atoms with van der Waals surface area (Å²) in [5.41, 5.74) is 2.03. The van der Waals surface area contributed by atoms with Crippen molar-refractivity contribution in [3.8, 4) is 5.75 Å². The Balaban J connectivity index is 1.91. The molecule has 2 aromatic carbocycles. The number of amides is 1. The molecule has 0 spiro atoms. The number of unbranched alkanes of at least 4 members (excludes halogenated alkanes) is 1. The predicted molar refractivity (Wildman–Crippen MR) is 104 cm³/mol. The third-order valence-electron chi connectivity index (χ3n) is 3.41. The van der Waals surface area contributed by atoms with Crippen molar-refractivity contribution in [2.75, 3.05) is 18.9 Å². The van der Waals surface area contributed by atoms with Crippen molar-refractivity contribution in [3.05, 3.63) is 54.1 Å². The second-order valence-electron chi connectivity index (χ2n) is 5.42. The molecule has 0 heterocycles.